The molecule has 2 saturated carbocycles. The number of hydrogen-bond acceptors (Lipinski definition) is 3. The van der Waals surface area contributed by atoms with Crippen LogP contribution in [0.4, 0.5) is 0 Å². The Balaban J connectivity index is 1.32. The maximum atomic E-state index is 13.3. The minimum atomic E-state index is 0.137. The molecule has 3 aliphatic rings. The third-order valence-corrected chi connectivity index (χ3v) is 6.94. The molecule has 2 aromatic heterocycles. The standard InChI is InChI=1S/C21H23N5O/c27-20(15-3-2-14-6-9-22-18(14)10-15)25-11-17(21(12-25)7-1-8-21)19-24-23-13-26(19)16-4-5-16/h2-3,6,9-10,13,16-17,22H,1,4-5,7-8,11-12H2. The van der Waals surface area contributed by atoms with Gasteiger partial charge in [0.1, 0.15) is 12.2 Å². The highest BCUT2D eigenvalue weighted by molar-refractivity contribution is 5.98. The molecule has 6 rings (SSSR count). The summed E-state index contributed by atoms with van der Waals surface area (Å²) in [7, 11) is 0. The molecule has 1 spiro atoms. The summed E-state index contributed by atoms with van der Waals surface area (Å²) in [4.78, 5) is 18.5. The lowest BCUT2D eigenvalue weighted by Gasteiger charge is -2.42. The fourth-order valence-electron chi connectivity index (χ4n) is 5.12. The predicted octanol–water partition coefficient (Wildman–Crippen LogP) is 3.50. The molecule has 0 bridgehead atoms. The van der Waals surface area contributed by atoms with Crippen LogP contribution in [0.15, 0.2) is 36.8 Å². The Morgan fingerprint density at radius 3 is 2.89 bits per heavy atom. The minimum absolute atomic E-state index is 0.137. The average Bonchev–Trinajstić information content (AvgIpc) is 3.10. The number of hydrogen-bond donors (Lipinski definition) is 1. The van der Waals surface area contributed by atoms with Crippen molar-refractivity contribution in [3.8, 4) is 0 Å². The Hall–Kier alpha value is -2.63. The summed E-state index contributed by atoms with van der Waals surface area (Å²) in [5.41, 5.74) is 1.98. The second kappa shape index (κ2) is 5.44. The zero-order chi connectivity index (χ0) is 18.0. The molecule has 6 nitrogen and oxygen atoms in total. The van der Waals surface area contributed by atoms with E-state index in [1.54, 1.807) is 0 Å². The maximum absolute atomic E-state index is 13.3. The smallest absolute Gasteiger partial charge is 0.253 e. The molecule has 1 N–H and O–H groups in total. The van der Waals surface area contributed by atoms with E-state index in [-0.39, 0.29) is 11.3 Å². The van der Waals surface area contributed by atoms with E-state index in [4.69, 9.17) is 0 Å². The fourth-order valence-corrected chi connectivity index (χ4v) is 5.12. The van der Waals surface area contributed by atoms with E-state index in [0.29, 0.717) is 12.0 Å². The highest BCUT2D eigenvalue weighted by Crippen LogP contribution is 2.56. The van der Waals surface area contributed by atoms with Crippen LogP contribution in [0.1, 0.15) is 60.2 Å². The zero-order valence-corrected chi connectivity index (χ0v) is 15.3. The largest absolute Gasteiger partial charge is 0.361 e. The number of nitrogens with zero attached hydrogens (tertiary/aromatic N) is 4. The average molecular weight is 361 g/mol. The second-order valence-electron chi connectivity index (χ2n) is 8.56. The van der Waals surface area contributed by atoms with Gasteiger partial charge in [-0.1, -0.05) is 12.5 Å². The van der Waals surface area contributed by atoms with Gasteiger partial charge in [-0.05, 0) is 54.7 Å². The monoisotopic (exact) mass is 361 g/mol. The van der Waals surface area contributed by atoms with Gasteiger partial charge in [0.05, 0.1) is 0 Å². The first kappa shape index (κ1) is 15.4. The zero-order valence-electron chi connectivity index (χ0n) is 15.3. The summed E-state index contributed by atoms with van der Waals surface area (Å²) in [6, 6.07) is 8.56. The minimum Gasteiger partial charge on any atom is -0.361 e. The van der Waals surface area contributed by atoms with Crippen LogP contribution in [0.3, 0.4) is 0 Å². The van der Waals surface area contributed by atoms with Crippen LogP contribution in [0.25, 0.3) is 10.9 Å². The number of fused-ring (bicyclic) bond motifs is 1. The van der Waals surface area contributed by atoms with Crippen LogP contribution in [-0.4, -0.2) is 43.6 Å². The molecule has 3 aromatic rings. The molecular weight excluding hydrogens is 338 g/mol. The molecule has 1 atom stereocenters. The van der Waals surface area contributed by atoms with Crippen molar-refractivity contribution in [1.29, 1.82) is 0 Å². The van der Waals surface area contributed by atoms with Gasteiger partial charge in [0, 0.05) is 42.3 Å². The van der Waals surface area contributed by atoms with Gasteiger partial charge in [0.15, 0.2) is 0 Å². The Morgan fingerprint density at radius 2 is 2.11 bits per heavy atom. The van der Waals surface area contributed by atoms with Crippen molar-refractivity contribution in [1.82, 2.24) is 24.6 Å². The van der Waals surface area contributed by atoms with Crippen LogP contribution in [0.2, 0.25) is 0 Å². The van der Waals surface area contributed by atoms with Crippen molar-refractivity contribution in [2.45, 2.75) is 44.1 Å². The van der Waals surface area contributed by atoms with Crippen molar-refractivity contribution in [2.75, 3.05) is 13.1 Å². The van der Waals surface area contributed by atoms with Crippen molar-refractivity contribution in [3.05, 3.63) is 48.2 Å². The van der Waals surface area contributed by atoms with Gasteiger partial charge in [-0.25, -0.2) is 0 Å². The maximum Gasteiger partial charge on any atom is 0.253 e. The van der Waals surface area contributed by atoms with Gasteiger partial charge >= 0.3 is 0 Å². The third-order valence-electron chi connectivity index (χ3n) is 6.94. The van der Waals surface area contributed by atoms with Gasteiger partial charge in [0.25, 0.3) is 5.91 Å². The highest BCUT2D eigenvalue weighted by Gasteiger charge is 2.54. The molecule has 138 valence electrons. The summed E-state index contributed by atoms with van der Waals surface area (Å²) >= 11 is 0. The van der Waals surface area contributed by atoms with E-state index in [2.05, 4.69) is 24.6 Å². The van der Waals surface area contributed by atoms with Gasteiger partial charge in [-0.2, -0.15) is 0 Å². The van der Waals surface area contributed by atoms with Gasteiger partial charge in [0.2, 0.25) is 0 Å². The lowest BCUT2D eigenvalue weighted by Crippen LogP contribution is -2.38. The number of likely N-dealkylation sites (tertiary alicyclic amines) is 1. The van der Waals surface area contributed by atoms with Crippen LogP contribution in [-0.2, 0) is 0 Å². The first-order valence-electron chi connectivity index (χ1n) is 9.99. The van der Waals surface area contributed by atoms with Gasteiger partial charge in [-0.15, -0.1) is 10.2 Å². The first-order valence-corrected chi connectivity index (χ1v) is 9.99. The molecule has 27 heavy (non-hydrogen) atoms. The number of H-pyrrole nitrogens is 1. The molecule has 1 saturated heterocycles. The summed E-state index contributed by atoms with van der Waals surface area (Å²) in [6.07, 6.45) is 9.89. The molecular formula is C21H23N5O. The van der Waals surface area contributed by atoms with E-state index in [9.17, 15) is 4.79 Å². The lowest BCUT2D eigenvalue weighted by atomic mass is 9.62. The number of aromatic nitrogens is 4. The molecule has 1 unspecified atom stereocenters. The first-order chi connectivity index (χ1) is 13.2. The number of nitrogens with one attached hydrogen (secondary N) is 1. The van der Waals surface area contributed by atoms with Crippen molar-refractivity contribution in [2.24, 2.45) is 5.41 Å². The third kappa shape index (κ3) is 2.28. The van der Waals surface area contributed by atoms with E-state index >= 15 is 0 Å². The van der Waals surface area contributed by atoms with E-state index in [0.717, 1.165) is 35.4 Å². The Labute approximate surface area is 157 Å². The summed E-state index contributed by atoms with van der Waals surface area (Å²) < 4.78 is 2.28. The van der Waals surface area contributed by atoms with Gasteiger partial charge in [-0.3, -0.25) is 4.79 Å². The van der Waals surface area contributed by atoms with Crippen LogP contribution >= 0.6 is 0 Å². The topological polar surface area (TPSA) is 66.8 Å². The molecule has 1 aromatic carbocycles. The van der Waals surface area contributed by atoms with E-state index in [1.807, 2.05) is 36.8 Å². The van der Waals surface area contributed by atoms with Crippen molar-refractivity contribution in [3.63, 3.8) is 0 Å². The Bertz CT molecular complexity index is 1030. The summed E-state index contributed by atoms with van der Waals surface area (Å²) in [5, 5.41) is 9.86. The van der Waals surface area contributed by atoms with Crippen LogP contribution in [0.5, 0.6) is 0 Å². The lowest BCUT2D eigenvalue weighted by molar-refractivity contribution is 0.0723. The molecule has 3 fully saturated rings. The van der Waals surface area contributed by atoms with Crippen LogP contribution in [0, 0.1) is 5.41 Å². The molecule has 6 heteroatoms. The number of aromatic amines is 1. The fraction of sp³-hybridized carbons (Fsp3) is 0.476. The highest BCUT2D eigenvalue weighted by atomic mass is 16.2. The molecule has 1 amide bonds. The number of carbonyl (C=O) groups excluding carboxylic acids is 1. The van der Waals surface area contributed by atoms with Crippen molar-refractivity contribution >= 4 is 16.8 Å². The number of amides is 1. The summed E-state index contributed by atoms with van der Waals surface area (Å²) in [5.74, 6) is 1.55. The second-order valence-corrected chi connectivity index (χ2v) is 8.56. The molecule has 3 heterocycles. The number of rotatable bonds is 3. The molecule has 0 radical (unpaired) electrons. The number of benzene rings is 1. The Morgan fingerprint density at radius 1 is 1.22 bits per heavy atom. The van der Waals surface area contributed by atoms with Crippen LogP contribution < -0.4 is 0 Å². The normalized spacial score (nSPS) is 23.9. The summed E-state index contributed by atoms with van der Waals surface area (Å²) in [6.45, 7) is 1.60. The van der Waals surface area contributed by atoms with Gasteiger partial charge < -0.3 is 14.5 Å². The quantitative estimate of drug-likeness (QED) is 0.776. The Kier molecular flexibility index (Phi) is 3.11. The number of carbonyl (C=O) groups is 1. The predicted molar refractivity (Wildman–Crippen MR) is 102 cm³/mol. The molecule has 2 aliphatic carbocycles. The molecule has 1 aliphatic heterocycles. The van der Waals surface area contributed by atoms with Crippen molar-refractivity contribution < 1.29 is 4.79 Å². The van der Waals surface area contributed by atoms with E-state index < -0.39 is 0 Å². The van der Waals surface area contributed by atoms with E-state index in [1.165, 1.54) is 32.1 Å². The SMILES string of the molecule is O=C(c1ccc2cc[nH]c2c1)N1CC(c2nncn2C2CC2)C2(CCC2)C1.